The highest BCUT2D eigenvalue weighted by Gasteiger charge is 2.24. The molecule has 0 N–H and O–H groups in total. The molecule has 0 bridgehead atoms. The molecule has 0 fully saturated rings. The van der Waals surface area contributed by atoms with E-state index in [-0.39, 0.29) is 0 Å². The minimum absolute atomic E-state index is 0.416. The van der Waals surface area contributed by atoms with E-state index in [9.17, 15) is 9.59 Å². The topological polar surface area (TPSA) is 80.0 Å². The minimum Gasteiger partial charge on any atom is -0.454 e. The molecule has 2 aromatic rings. The zero-order valence-corrected chi connectivity index (χ0v) is 15.1. The van der Waals surface area contributed by atoms with Crippen LogP contribution in [0.4, 0.5) is 0 Å². The van der Waals surface area contributed by atoms with Gasteiger partial charge in [-0.05, 0) is 24.6 Å². The molecular formula is C17H13BrN2O3S. The average molecular weight is 405 g/mol. The molecule has 0 saturated carbocycles. The van der Waals surface area contributed by atoms with Crippen LogP contribution in [0, 0.1) is 18.3 Å². The largest absolute Gasteiger partial charge is 0.454 e. The summed E-state index contributed by atoms with van der Waals surface area (Å²) in [6.45, 7) is 1.32. The molecule has 0 aliphatic rings. The van der Waals surface area contributed by atoms with E-state index >= 15 is 0 Å². The molecule has 2 rings (SSSR count). The van der Waals surface area contributed by atoms with Crippen molar-refractivity contribution < 1.29 is 14.3 Å². The number of benzene rings is 1. The fourth-order valence-electron chi connectivity index (χ4n) is 1.81. The lowest BCUT2D eigenvalue weighted by atomic mass is 10.1. The van der Waals surface area contributed by atoms with Gasteiger partial charge in [-0.3, -0.25) is 4.79 Å². The van der Waals surface area contributed by atoms with E-state index in [0.29, 0.717) is 5.01 Å². The lowest BCUT2D eigenvalue weighted by molar-refractivity contribution is -0.143. The maximum absolute atomic E-state index is 12.1. The Bertz CT molecular complexity index is 823. The molecule has 0 radical (unpaired) electrons. The fourth-order valence-corrected chi connectivity index (χ4v) is 3.09. The van der Waals surface area contributed by atoms with Crippen molar-refractivity contribution in [2.75, 3.05) is 6.61 Å². The van der Waals surface area contributed by atoms with Gasteiger partial charge in [0.2, 0.25) is 0 Å². The summed E-state index contributed by atoms with van der Waals surface area (Å²) in [5, 5.41) is 11.3. The van der Waals surface area contributed by atoms with Crippen LogP contribution in [0.5, 0.6) is 0 Å². The van der Waals surface area contributed by atoms with Gasteiger partial charge in [0.15, 0.2) is 18.3 Å². The number of carbonyl (C=O) groups is 2. The Labute approximate surface area is 151 Å². The molecule has 1 aromatic heterocycles. The molecule has 1 aromatic carbocycles. The molecule has 0 aliphatic heterocycles. The smallest absolute Gasteiger partial charge is 0.331 e. The Hall–Kier alpha value is -2.30. The van der Waals surface area contributed by atoms with Crippen LogP contribution >= 0.6 is 27.3 Å². The number of nitrogens with zero attached hydrogens (tertiary/aromatic N) is 2. The molecule has 0 saturated heterocycles. The van der Waals surface area contributed by atoms with E-state index in [1.54, 1.807) is 18.4 Å². The number of ketones is 1. The van der Waals surface area contributed by atoms with E-state index in [1.165, 1.54) is 17.4 Å². The summed E-state index contributed by atoms with van der Waals surface area (Å²) in [5.41, 5.74) is 1.56. The van der Waals surface area contributed by atoms with Crippen molar-refractivity contribution in [1.82, 2.24) is 4.98 Å². The first-order valence-corrected chi connectivity index (χ1v) is 8.62. The average Bonchev–Trinajstić information content (AvgIpc) is 2.99. The van der Waals surface area contributed by atoms with Crippen LogP contribution in [-0.2, 0) is 14.3 Å². The van der Waals surface area contributed by atoms with Gasteiger partial charge >= 0.3 is 5.97 Å². The van der Waals surface area contributed by atoms with Crippen molar-refractivity contribution in [2.24, 2.45) is 0 Å². The molecule has 0 spiro atoms. The minimum atomic E-state index is -1.01. The van der Waals surface area contributed by atoms with Crippen molar-refractivity contribution in [3.05, 3.63) is 56.5 Å². The number of carbonyl (C=O) groups excluding carboxylic acids is 2. The van der Waals surface area contributed by atoms with Gasteiger partial charge in [0.25, 0.3) is 0 Å². The van der Waals surface area contributed by atoms with Crippen LogP contribution in [0.3, 0.4) is 0 Å². The van der Waals surface area contributed by atoms with Gasteiger partial charge in [0, 0.05) is 21.6 Å². The lowest BCUT2D eigenvalue weighted by Crippen LogP contribution is -2.19. The number of aromatic nitrogens is 1. The van der Waals surface area contributed by atoms with E-state index < -0.39 is 24.3 Å². The molecule has 0 amide bonds. The maximum atomic E-state index is 12.1. The fraction of sp³-hybridized carbons (Fsp3) is 0.176. The van der Waals surface area contributed by atoms with Crippen LogP contribution in [-0.4, -0.2) is 23.3 Å². The van der Waals surface area contributed by atoms with Crippen LogP contribution in [0.15, 0.2) is 40.2 Å². The van der Waals surface area contributed by atoms with Crippen LogP contribution < -0.4 is 0 Å². The Morgan fingerprint density at radius 3 is 2.83 bits per heavy atom. The van der Waals surface area contributed by atoms with Crippen molar-refractivity contribution >= 4 is 45.1 Å². The predicted octanol–water partition coefficient (Wildman–Crippen LogP) is 3.65. The molecule has 122 valence electrons. The zero-order chi connectivity index (χ0) is 17.5. The molecule has 1 heterocycles. The van der Waals surface area contributed by atoms with Gasteiger partial charge in [-0.2, -0.15) is 5.26 Å². The lowest BCUT2D eigenvalue weighted by Gasteiger charge is -2.05. The second kappa shape index (κ2) is 8.52. The number of nitriles is 1. The van der Waals surface area contributed by atoms with Gasteiger partial charge < -0.3 is 4.74 Å². The highest BCUT2D eigenvalue weighted by molar-refractivity contribution is 9.10. The van der Waals surface area contributed by atoms with Crippen molar-refractivity contribution in [1.29, 1.82) is 5.26 Å². The highest BCUT2D eigenvalue weighted by Crippen LogP contribution is 2.21. The van der Waals surface area contributed by atoms with Crippen molar-refractivity contribution in [3.8, 4) is 6.07 Å². The third kappa shape index (κ3) is 4.85. The standard InChI is InChI=1S/C17H13BrN2O3S/c1-11-10-24-17(20-11)13(8-19)15(21)9-23-16(22)7-6-12-4-2-3-5-14(12)18/h2-7,10,13H,9H2,1H3/b7-6+/t13-/m1/s1. The van der Waals surface area contributed by atoms with E-state index in [4.69, 9.17) is 10.00 Å². The van der Waals surface area contributed by atoms with Gasteiger partial charge in [-0.15, -0.1) is 11.3 Å². The van der Waals surface area contributed by atoms with E-state index in [1.807, 2.05) is 30.3 Å². The van der Waals surface area contributed by atoms with E-state index in [0.717, 1.165) is 15.7 Å². The summed E-state index contributed by atoms with van der Waals surface area (Å²) >= 11 is 4.61. The predicted molar refractivity (Wildman–Crippen MR) is 94.3 cm³/mol. The van der Waals surface area contributed by atoms with Gasteiger partial charge in [0.1, 0.15) is 5.01 Å². The Morgan fingerprint density at radius 2 is 2.21 bits per heavy atom. The number of esters is 1. The van der Waals surface area contributed by atoms with Crippen molar-refractivity contribution in [2.45, 2.75) is 12.8 Å². The molecule has 24 heavy (non-hydrogen) atoms. The number of Topliss-reactive ketones (excluding diaryl/α,β-unsaturated/α-hetero) is 1. The summed E-state index contributed by atoms with van der Waals surface area (Å²) in [4.78, 5) is 27.9. The second-order valence-electron chi connectivity index (χ2n) is 4.82. The third-order valence-electron chi connectivity index (χ3n) is 3.00. The van der Waals surface area contributed by atoms with Gasteiger partial charge in [-0.1, -0.05) is 34.1 Å². The number of ether oxygens (including phenoxy) is 1. The van der Waals surface area contributed by atoms with Crippen molar-refractivity contribution in [3.63, 3.8) is 0 Å². The van der Waals surface area contributed by atoms with Crippen LogP contribution in [0.2, 0.25) is 0 Å². The normalized spacial score (nSPS) is 11.9. The number of thiazole rings is 1. The summed E-state index contributed by atoms with van der Waals surface area (Å²) in [5.74, 6) is -2.15. The Balaban J connectivity index is 1.92. The maximum Gasteiger partial charge on any atom is 0.331 e. The number of hydrogen-bond acceptors (Lipinski definition) is 6. The highest BCUT2D eigenvalue weighted by atomic mass is 79.9. The Morgan fingerprint density at radius 1 is 1.46 bits per heavy atom. The molecular weight excluding hydrogens is 392 g/mol. The van der Waals surface area contributed by atoms with Gasteiger partial charge in [0.05, 0.1) is 6.07 Å². The summed E-state index contributed by atoms with van der Waals surface area (Å²) in [6, 6.07) is 9.28. The first-order valence-electron chi connectivity index (χ1n) is 6.95. The first-order chi connectivity index (χ1) is 11.5. The van der Waals surface area contributed by atoms with Crippen LogP contribution in [0.25, 0.3) is 6.08 Å². The number of halogens is 1. The molecule has 0 unspecified atom stereocenters. The number of aryl methyl sites for hydroxylation is 1. The zero-order valence-electron chi connectivity index (χ0n) is 12.7. The Kier molecular flexibility index (Phi) is 6.41. The summed E-state index contributed by atoms with van der Waals surface area (Å²) in [6.07, 6.45) is 2.82. The number of rotatable bonds is 6. The summed E-state index contributed by atoms with van der Waals surface area (Å²) < 4.78 is 5.75. The molecule has 1 atom stereocenters. The second-order valence-corrected chi connectivity index (χ2v) is 6.56. The SMILES string of the molecule is Cc1csc([C@H](C#N)C(=O)COC(=O)/C=C/c2ccccc2Br)n1. The van der Waals surface area contributed by atoms with E-state index in [2.05, 4.69) is 20.9 Å². The van der Waals surface area contributed by atoms with Crippen LogP contribution in [0.1, 0.15) is 22.2 Å². The molecule has 5 nitrogen and oxygen atoms in total. The summed E-state index contributed by atoms with van der Waals surface area (Å²) in [7, 11) is 0. The van der Waals surface area contributed by atoms with Gasteiger partial charge in [-0.25, -0.2) is 9.78 Å². The molecule has 0 aliphatic carbocycles. The monoisotopic (exact) mass is 404 g/mol. The third-order valence-corrected chi connectivity index (χ3v) is 4.75. The quantitative estimate of drug-likeness (QED) is 0.542. The number of hydrogen-bond donors (Lipinski definition) is 0. The molecule has 7 heteroatoms. The first kappa shape index (κ1) is 18.0.